The van der Waals surface area contributed by atoms with Crippen LogP contribution in [0.25, 0.3) is 0 Å². The molecule has 1 aromatic rings. The van der Waals surface area contributed by atoms with Gasteiger partial charge in [0.25, 0.3) is 0 Å². The molecule has 0 aromatic heterocycles. The third-order valence-corrected chi connectivity index (χ3v) is 2.53. The monoisotopic (exact) mass is 197 g/mol. The Kier molecular flexibility index (Phi) is 4.26. The largest absolute Gasteiger partial charge is 0.316 e. The molecule has 1 aromatic carbocycles. The van der Waals surface area contributed by atoms with Crippen LogP contribution >= 0.6 is 12.4 Å². The summed E-state index contributed by atoms with van der Waals surface area (Å²) in [6, 6.07) is 10.8. The number of rotatable bonds is 2. The van der Waals surface area contributed by atoms with Gasteiger partial charge in [0.05, 0.1) is 0 Å². The van der Waals surface area contributed by atoms with Crippen LogP contribution in [0.15, 0.2) is 30.3 Å². The number of benzene rings is 1. The van der Waals surface area contributed by atoms with E-state index in [1.165, 1.54) is 31.5 Å². The van der Waals surface area contributed by atoms with Crippen LogP contribution in [-0.2, 0) is 6.42 Å². The van der Waals surface area contributed by atoms with Gasteiger partial charge in [-0.05, 0) is 37.4 Å². The molecule has 1 heterocycles. The molecule has 2 rings (SSSR count). The summed E-state index contributed by atoms with van der Waals surface area (Å²) in [5, 5.41) is 3.39. The zero-order valence-electron chi connectivity index (χ0n) is 7.70. The van der Waals surface area contributed by atoms with Gasteiger partial charge in [0.2, 0.25) is 0 Å². The average molecular weight is 198 g/mol. The molecule has 0 amide bonds. The molecule has 1 atom stereocenters. The second-order valence-electron chi connectivity index (χ2n) is 3.55. The summed E-state index contributed by atoms with van der Waals surface area (Å²) < 4.78 is 0. The van der Waals surface area contributed by atoms with Crippen LogP contribution in [0.2, 0.25) is 0 Å². The fraction of sp³-hybridized carbons (Fsp3) is 0.455. The lowest BCUT2D eigenvalue weighted by atomic mass is 9.99. The molecule has 1 fully saturated rings. The van der Waals surface area contributed by atoms with Gasteiger partial charge < -0.3 is 5.32 Å². The summed E-state index contributed by atoms with van der Waals surface area (Å²) in [5.41, 5.74) is 1.48. The zero-order chi connectivity index (χ0) is 8.23. The molecule has 72 valence electrons. The Bertz CT molecular complexity index is 229. The molecule has 0 aliphatic carbocycles. The first kappa shape index (κ1) is 10.6. The standard InChI is InChI=1S/C11H15N.ClH/c1-2-4-10(5-3-1)8-11-6-7-12-9-11;/h1-5,11-12H,6-9H2;1H/t11-;/m1./s1. The highest BCUT2D eigenvalue weighted by Crippen LogP contribution is 2.14. The first-order valence-corrected chi connectivity index (χ1v) is 4.70. The van der Waals surface area contributed by atoms with E-state index in [4.69, 9.17) is 0 Å². The van der Waals surface area contributed by atoms with Crippen LogP contribution in [0, 0.1) is 5.92 Å². The highest BCUT2D eigenvalue weighted by atomic mass is 35.5. The van der Waals surface area contributed by atoms with Crippen molar-refractivity contribution in [1.82, 2.24) is 5.32 Å². The lowest BCUT2D eigenvalue weighted by molar-refractivity contribution is 0.580. The van der Waals surface area contributed by atoms with E-state index in [-0.39, 0.29) is 12.4 Å². The summed E-state index contributed by atoms with van der Waals surface area (Å²) in [5.74, 6) is 0.868. The topological polar surface area (TPSA) is 12.0 Å². The van der Waals surface area contributed by atoms with Gasteiger partial charge in [0.15, 0.2) is 0 Å². The highest BCUT2D eigenvalue weighted by Gasteiger charge is 2.13. The predicted octanol–water partition coefficient (Wildman–Crippen LogP) is 2.26. The van der Waals surface area contributed by atoms with Gasteiger partial charge in [0.1, 0.15) is 0 Å². The van der Waals surface area contributed by atoms with Gasteiger partial charge in [-0.25, -0.2) is 0 Å². The Morgan fingerprint density at radius 1 is 1.23 bits per heavy atom. The third-order valence-electron chi connectivity index (χ3n) is 2.53. The van der Waals surface area contributed by atoms with E-state index in [0.29, 0.717) is 0 Å². The second kappa shape index (κ2) is 5.25. The molecule has 0 radical (unpaired) electrons. The van der Waals surface area contributed by atoms with Crippen LogP contribution in [0.1, 0.15) is 12.0 Å². The van der Waals surface area contributed by atoms with Gasteiger partial charge in [-0.15, -0.1) is 12.4 Å². The fourth-order valence-corrected chi connectivity index (χ4v) is 1.84. The minimum absolute atomic E-state index is 0. The molecule has 0 saturated carbocycles. The van der Waals surface area contributed by atoms with Crippen molar-refractivity contribution >= 4 is 12.4 Å². The summed E-state index contributed by atoms with van der Waals surface area (Å²) in [6.45, 7) is 2.41. The maximum atomic E-state index is 3.39. The summed E-state index contributed by atoms with van der Waals surface area (Å²) in [6.07, 6.45) is 2.59. The molecule has 0 spiro atoms. The van der Waals surface area contributed by atoms with Crippen LogP contribution in [0.3, 0.4) is 0 Å². The quantitative estimate of drug-likeness (QED) is 0.767. The van der Waals surface area contributed by atoms with Gasteiger partial charge in [0, 0.05) is 0 Å². The molecule has 2 heteroatoms. The van der Waals surface area contributed by atoms with Gasteiger partial charge in [-0.1, -0.05) is 30.3 Å². The molecule has 13 heavy (non-hydrogen) atoms. The number of halogens is 1. The molecule has 1 N–H and O–H groups in total. The minimum atomic E-state index is 0. The van der Waals surface area contributed by atoms with Gasteiger partial charge in [-0.2, -0.15) is 0 Å². The van der Waals surface area contributed by atoms with Crippen LogP contribution in [0.4, 0.5) is 0 Å². The van der Waals surface area contributed by atoms with Crippen molar-refractivity contribution in [2.45, 2.75) is 12.8 Å². The lowest BCUT2D eigenvalue weighted by Crippen LogP contribution is -2.10. The van der Waals surface area contributed by atoms with E-state index in [1.54, 1.807) is 0 Å². The van der Waals surface area contributed by atoms with Crippen molar-refractivity contribution in [3.63, 3.8) is 0 Å². The van der Waals surface area contributed by atoms with Crippen molar-refractivity contribution in [2.75, 3.05) is 13.1 Å². The number of hydrogen-bond donors (Lipinski definition) is 1. The van der Waals surface area contributed by atoms with Gasteiger partial charge >= 0.3 is 0 Å². The number of nitrogens with one attached hydrogen (secondary N) is 1. The normalized spacial score (nSPS) is 21.1. The zero-order valence-corrected chi connectivity index (χ0v) is 8.52. The molecule has 1 nitrogen and oxygen atoms in total. The molecule has 1 saturated heterocycles. The third kappa shape index (κ3) is 3.02. The smallest absolute Gasteiger partial charge is 0.00169 e. The van der Waals surface area contributed by atoms with Crippen molar-refractivity contribution in [1.29, 1.82) is 0 Å². The minimum Gasteiger partial charge on any atom is -0.316 e. The van der Waals surface area contributed by atoms with E-state index in [2.05, 4.69) is 35.6 Å². The van der Waals surface area contributed by atoms with E-state index in [0.717, 1.165) is 5.92 Å². The summed E-state index contributed by atoms with van der Waals surface area (Å²) in [4.78, 5) is 0. The van der Waals surface area contributed by atoms with E-state index in [1.807, 2.05) is 0 Å². The molecule has 0 bridgehead atoms. The van der Waals surface area contributed by atoms with Crippen molar-refractivity contribution in [3.05, 3.63) is 35.9 Å². The Morgan fingerprint density at radius 3 is 2.62 bits per heavy atom. The van der Waals surface area contributed by atoms with Crippen LogP contribution in [0.5, 0.6) is 0 Å². The predicted molar refractivity (Wildman–Crippen MR) is 58.4 cm³/mol. The van der Waals surface area contributed by atoms with Gasteiger partial charge in [-0.3, -0.25) is 0 Å². The van der Waals surface area contributed by atoms with E-state index >= 15 is 0 Å². The highest BCUT2D eigenvalue weighted by molar-refractivity contribution is 5.85. The Labute approximate surface area is 86.0 Å². The first-order chi connectivity index (χ1) is 5.95. The first-order valence-electron chi connectivity index (χ1n) is 4.70. The van der Waals surface area contributed by atoms with Crippen molar-refractivity contribution in [2.24, 2.45) is 5.92 Å². The molecule has 0 unspecified atom stereocenters. The number of hydrogen-bond acceptors (Lipinski definition) is 1. The molecule has 1 aliphatic heterocycles. The molecular formula is C11H16ClN. The molecular weight excluding hydrogens is 182 g/mol. The summed E-state index contributed by atoms with van der Waals surface area (Å²) in [7, 11) is 0. The maximum absolute atomic E-state index is 3.39. The van der Waals surface area contributed by atoms with Crippen molar-refractivity contribution in [3.8, 4) is 0 Å². The second-order valence-corrected chi connectivity index (χ2v) is 3.55. The van der Waals surface area contributed by atoms with E-state index in [9.17, 15) is 0 Å². The van der Waals surface area contributed by atoms with Crippen molar-refractivity contribution < 1.29 is 0 Å². The lowest BCUT2D eigenvalue weighted by Gasteiger charge is -2.06. The maximum Gasteiger partial charge on any atom is -0.00169 e. The molecule has 1 aliphatic rings. The Hall–Kier alpha value is -0.530. The average Bonchev–Trinajstić information content (AvgIpc) is 2.59. The Balaban J connectivity index is 0.000000845. The fourth-order valence-electron chi connectivity index (χ4n) is 1.84. The van der Waals surface area contributed by atoms with Crippen LogP contribution < -0.4 is 5.32 Å². The van der Waals surface area contributed by atoms with E-state index < -0.39 is 0 Å². The summed E-state index contributed by atoms with van der Waals surface area (Å²) >= 11 is 0. The SMILES string of the molecule is Cl.c1ccc(C[C@H]2CCNC2)cc1. The van der Waals surface area contributed by atoms with Crippen LogP contribution in [-0.4, -0.2) is 13.1 Å². The Morgan fingerprint density at radius 2 is 2.00 bits per heavy atom.